The van der Waals surface area contributed by atoms with E-state index in [-0.39, 0.29) is 21.2 Å². The van der Waals surface area contributed by atoms with Crippen molar-refractivity contribution in [2.75, 3.05) is 11.5 Å². The van der Waals surface area contributed by atoms with Crippen LogP contribution in [-0.4, -0.2) is 46.6 Å². The van der Waals surface area contributed by atoms with Crippen molar-refractivity contribution >= 4 is 65.4 Å². The molecule has 0 aliphatic rings. The number of anilines is 2. The Morgan fingerprint density at radius 1 is 0.700 bits per heavy atom. The quantitative estimate of drug-likeness (QED) is 0.0309. The summed E-state index contributed by atoms with van der Waals surface area (Å²) < 4.78 is 67.7. The number of aromatic nitrogens is 4. The largest absolute Gasteiger partial charge is 0.397 e. The summed E-state index contributed by atoms with van der Waals surface area (Å²) in [7, 11) is -9.30. The molecule has 50 heavy (non-hydrogen) atoms. The van der Waals surface area contributed by atoms with Gasteiger partial charge < -0.3 is 21.4 Å². The molecule has 2 heterocycles. The van der Waals surface area contributed by atoms with E-state index < -0.39 is 29.7 Å². The van der Waals surface area contributed by atoms with Crippen molar-refractivity contribution in [1.82, 2.24) is 19.9 Å². The zero-order chi connectivity index (χ0) is 35.4. The van der Waals surface area contributed by atoms with Gasteiger partial charge in [0.15, 0.2) is 0 Å². The summed E-state index contributed by atoms with van der Waals surface area (Å²) in [5.74, 6) is 0.475. The molecule has 254 valence electrons. The monoisotopic (exact) mass is 730 g/mol. The summed E-state index contributed by atoms with van der Waals surface area (Å²) in [6.45, 7) is 1.88. The summed E-state index contributed by atoms with van der Waals surface area (Å²) in [5, 5.41) is 12.7. The first-order valence-electron chi connectivity index (χ1n) is 14.6. The van der Waals surface area contributed by atoms with E-state index in [1.807, 2.05) is 37.3 Å². The second-order valence-electron chi connectivity index (χ2n) is 11.3. The summed E-state index contributed by atoms with van der Waals surface area (Å²) in [4.78, 5) is 14.2. The van der Waals surface area contributed by atoms with Crippen LogP contribution in [0.3, 0.4) is 0 Å². The minimum absolute atomic E-state index is 0.0201. The number of rotatable bonds is 9. The van der Waals surface area contributed by atoms with Gasteiger partial charge in [-0.05, 0) is 96.4 Å². The van der Waals surface area contributed by atoms with Gasteiger partial charge in [0, 0.05) is 11.1 Å². The molecule has 5 aromatic carbocycles. The third-order valence-corrected chi connectivity index (χ3v) is 11.3. The standard InChI is InChI=1S/C33H26N6O8S3/c1-17-2-10-26-28(12-17)38-33(37-26)23-8-6-21(16-31(23)50(43,44)45)49(41,42)20-5-7-22(30(15-20)48-47-46-40)32-36-27-11-4-19(14-29(27)39-32)18-3-9-24(34)25(35)13-18/h2-16,40H,34-35H2,1H3,(H,36,39)(H,37,38)(H,43,44,45). The van der Waals surface area contributed by atoms with Gasteiger partial charge in [-0.25, -0.2) is 23.6 Å². The Kier molecular flexibility index (Phi) is 8.35. The van der Waals surface area contributed by atoms with E-state index in [1.165, 1.54) is 30.3 Å². The maximum atomic E-state index is 13.9. The molecule has 0 saturated heterocycles. The van der Waals surface area contributed by atoms with Gasteiger partial charge in [-0.2, -0.15) is 8.42 Å². The third-order valence-electron chi connectivity index (χ3n) is 8.01. The minimum atomic E-state index is -4.91. The molecule has 0 aliphatic heterocycles. The third kappa shape index (κ3) is 6.18. The second-order valence-corrected chi connectivity index (χ2v) is 15.4. The zero-order valence-electron chi connectivity index (χ0n) is 25.8. The zero-order valence-corrected chi connectivity index (χ0v) is 28.2. The van der Waals surface area contributed by atoms with Crippen LogP contribution >= 0.6 is 12.0 Å². The fraction of sp³-hybridized carbons (Fsp3) is 0.0303. The predicted molar refractivity (Wildman–Crippen MR) is 188 cm³/mol. The second kappa shape index (κ2) is 12.6. The number of nitrogens with zero attached hydrogens (tertiary/aromatic N) is 2. The molecule has 14 nitrogen and oxygen atoms in total. The molecular formula is C33H26N6O8S3. The van der Waals surface area contributed by atoms with Gasteiger partial charge in [-0.1, -0.05) is 23.2 Å². The van der Waals surface area contributed by atoms with E-state index in [2.05, 4.69) is 29.3 Å². The van der Waals surface area contributed by atoms with Crippen LogP contribution in [0.25, 0.3) is 56.0 Å². The van der Waals surface area contributed by atoms with E-state index in [0.717, 1.165) is 22.8 Å². The molecule has 0 aliphatic carbocycles. The summed E-state index contributed by atoms with van der Waals surface area (Å²) >= 11 is 0.520. The van der Waals surface area contributed by atoms with Gasteiger partial charge in [-0.15, -0.1) is 4.33 Å². The fourth-order valence-electron chi connectivity index (χ4n) is 5.52. The van der Waals surface area contributed by atoms with Crippen molar-refractivity contribution in [3.05, 3.63) is 96.6 Å². The van der Waals surface area contributed by atoms with Crippen LogP contribution in [0.15, 0.2) is 111 Å². The highest BCUT2D eigenvalue weighted by Crippen LogP contribution is 2.37. The number of aromatic amines is 2. The summed E-state index contributed by atoms with van der Waals surface area (Å²) in [6, 6.07) is 23.7. The highest BCUT2D eigenvalue weighted by atomic mass is 32.2. The molecule has 7 rings (SSSR count). The van der Waals surface area contributed by atoms with Crippen LogP contribution in [0, 0.1) is 6.92 Å². The molecule has 17 heteroatoms. The maximum Gasteiger partial charge on any atom is 0.295 e. The average molecular weight is 731 g/mol. The number of aryl methyl sites for hydroxylation is 1. The van der Waals surface area contributed by atoms with Crippen LogP contribution in [0.5, 0.6) is 0 Å². The van der Waals surface area contributed by atoms with E-state index >= 15 is 0 Å². The SMILES string of the molecule is Cc1ccc2nc(-c3ccc(S(=O)(=O)c4ccc(-c5nc6ccc(-c7ccc(N)c(N)c7)cc6[nH]5)c(SOOO)c4)cc3S(=O)(=O)O)[nH]c2c1. The van der Waals surface area contributed by atoms with Crippen LogP contribution in [-0.2, 0) is 29.3 Å². The van der Waals surface area contributed by atoms with Crippen LogP contribution in [0.4, 0.5) is 11.4 Å². The number of hydrogen-bond donors (Lipinski definition) is 6. The Morgan fingerprint density at radius 3 is 1.98 bits per heavy atom. The van der Waals surface area contributed by atoms with Gasteiger partial charge in [-0.3, -0.25) is 4.55 Å². The van der Waals surface area contributed by atoms with Crippen molar-refractivity contribution in [3.8, 4) is 33.9 Å². The first-order chi connectivity index (χ1) is 23.8. The highest BCUT2D eigenvalue weighted by molar-refractivity contribution is 7.95. The van der Waals surface area contributed by atoms with E-state index in [9.17, 15) is 21.4 Å². The number of sulfone groups is 1. The molecule has 8 N–H and O–H groups in total. The lowest BCUT2D eigenvalue weighted by Crippen LogP contribution is -2.07. The number of nitrogens with one attached hydrogen (secondary N) is 2. The normalized spacial score (nSPS) is 12.2. The predicted octanol–water partition coefficient (Wildman–Crippen LogP) is 6.42. The maximum absolute atomic E-state index is 13.9. The number of nitrogen functional groups attached to an aromatic ring is 2. The molecule has 0 bridgehead atoms. The molecule has 0 atom stereocenters. The molecule has 0 unspecified atom stereocenters. The van der Waals surface area contributed by atoms with Crippen molar-refractivity contribution in [2.45, 2.75) is 26.5 Å². The van der Waals surface area contributed by atoms with E-state index in [1.54, 1.807) is 24.3 Å². The van der Waals surface area contributed by atoms with Gasteiger partial charge in [0.05, 0.1) is 60.2 Å². The van der Waals surface area contributed by atoms with Crippen LogP contribution in [0.2, 0.25) is 0 Å². The van der Waals surface area contributed by atoms with Gasteiger partial charge >= 0.3 is 0 Å². The lowest BCUT2D eigenvalue weighted by atomic mass is 10.0. The number of nitrogens with two attached hydrogens (primary N) is 2. The molecule has 2 aromatic heterocycles. The Morgan fingerprint density at radius 2 is 1.30 bits per heavy atom. The topological polar surface area (TPSA) is 237 Å². The number of fused-ring (bicyclic) bond motifs is 2. The minimum Gasteiger partial charge on any atom is -0.397 e. The number of benzene rings is 5. The lowest BCUT2D eigenvalue weighted by Gasteiger charge is -2.12. The molecule has 0 fully saturated rings. The van der Waals surface area contributed by atoms with Gasteiger partial charge in [0.2, 0.25) is 9.84 Å². The van der Waals surface area contributed by atoms with Crippen LogP contribution < -0.4 is 11.5 Å². The first-order valence-corrected chi connectivity index (χ1v) is 18.3. The summed E-state index contributed by atoms with van der Waals surface area (Å²) in [6.07, 6.45) is 0. The molecule has 0 spiro atoms. The molecule has 0 amide bonds. The molecule has 0 radical (unpaired) electrons. The number of H-pyrrole nitrogens is 2. The van der Waals surface area contributed by atoms with E-state index in [0.29, 0.717) is 56.9 Å². The first kappa shape index (κ1) is 33.2. The number of imidazole rings is 2. The Hall–Kier alpha value is -5.27. The van der Waals surface area contributed by atoms with Crippen LogP contribution in [0.1, 0.15) is 5.56 Å². The lowest BCUT2D eigenvalue weighted by molar-refractivity contribution is -0.432. The fourth-order valence-corrected chi connectivity index (χ4v) is 8.24. The Bertz CT molecular complexity index is 2690. The van der Waals surface area contributed by atoms with Crippen molar-refractivity contribution in [1.29, 1.82) is 0 Å². The average Bonchev–Trinajstić information content (AvgIpc) is 3.71. The molecular weight excluding hydrogens is 705 g/mol. The Labute approximate surface area is 288 Å². The molecule has 0 saturated carbocycles. The van der Waals surface area contributed by atoms with E-state index in [4.69, 9.17) is 16.7 Å². The molecule has 7 aromatic rings. The Balaban J connectivity index is 1.27. The number of hydrogen-bond acceptors (Lipinski definition) is 12. The highest BCUT2D eigenvalue weighted by Gasteiger charge is 2.26. The smallest absolute Gasteiger partial charge is 0.295 e. The van der Waals surface area contributed by atoms with Crippen molar-refractivity contribution in [2.24, 2.45) is 0 Å². The van der Waals surface area contributed by atoms with Gasteiger partial charge in [0.25, 0.3) is 10.1 Å². The van der Waals surface area contributed by atoms with Crippen molar-refractivity contribution < 1.29 is 36.0 Å². The van der Waals surface area contributed by atoms with Gasteiger partial charge in [0.1, 0.15) is 16.5 Å². The van der Waals surface area contributed by atoms with Crippen molar-refractivity contribution in [3.63, 3.8) is 0 Å². The summed E-state index contributed by atoms with van der Waals surface area (Å²) in [5.41, 5.74) is 18.2.